The lowest BCUT2D eigenvalue weighted by atomic mass is 10.1. The monoisotopic (exact) mass is 443 g/mol. The van der Waals surface area contributed by atoms with E-state index in [0.717, 1.165) is 6.07 Å². The van der Waals surface area contributed by atoms with Crippen LogP contribution in [0.5, 0.6) is 0 Å². The Morgan fingerprint density at radius 1 is 1.23 bits per heavy atom. The molecule has 3 rings (SSSR count). The Morgan fingerprint density at radius 3 is 2.52 bits per heavy atom. The van der Waals surface area contributed by atoms with Crippen LogP contribution in [0, 0.1) is 24.0 Å². The Kier molecular flexibility index (Phi) is 6.66. The van der Waals surface area contributed by atoms with E-state index in [1.54, 1.807) is 44.2 Å². The molecule has 0 bridgehead atoms. The van der Waals surface area contributed by atoms with Crippen molar-refractivity contribution in [2.75, 3.05) is 5.32 Å². The first-order valence-electron chi connectivity index (χ1n) is 9.17. The van der Waals surface area contributed by atoms with Crippen LogP contribution in [0.2, 0.25) is 5.02 Å². The van der Waals surface area contributed by atoms with E-state index in [4.69, 9.17) is 20.9 Å². The number of nitrogens with one attached hydrogen (secondary N) is 1. The normalized spacial score (nSPS) is 11.6. The minimum absolute atomic E-state index is 0.0172. The number of aromatic nitrogens is 1. The number of hydrogen-bond acceptors (Lipinski definition) is 7. The van der Waals surface area contributed by atoms with Crippen molar-refractivity contribution in [1.82, 2.24) is 5.16 Å². The molecular formula is C21H18ClN3O6. The first-order chi connectivity index (χ1) is 14.8. The highest BCUT2D eigenvalue weighted by Crippen LogP contribution is 2.28. The number of non-ortho nitro benzene ring substituents is 1. The molecule has 0 spiro atoms. The molecule has 1 amide bonds. The van der Waals surface area contributed by atoms with E-state index in [0.29, 0.717) is 22.6 Å². The fraction of sp³-hybridized carbons (Fsp3) is 0.190. The molecule has 0 aliphatic heterocycles. The van der Waals surface area contributed by atoms with Gasteiger partial charge in [0, 0.05) is 23.3 Å². The predicted molar refractivity (Wildman–Crippen MR) is 112 cm³/mol. The van der Waals surface area contributed by atoms with E-state index in [9.17, 15) is 19.7 Å². The lowest BCUT2D eigenvalue weighted by Gasteiger charge is -2.18. The summed E-state index contributed by atoms with van der Waals surface area (Å²) in [4.78, 5) is 35.8. The minimum Gasteiger partial charge on any atom is -0.447 e. The molecular weight excluding hydrogens is 426 g/mol. The van der Waals surface area contributed by atoms with E-state index < -0.39 is 22.9 Å². The van der Waals surface area contributed by atoms with Crippen LogP contribution in [-0.4, -0.2) is 22.0 Å². The average Bonchev–Trinajstić information content (AvgIpc) is 3.05. The number of aryl methyl sites for hydroxylation is 2. The summed E-state index contributed by atoms with van der Waals surface area (Å²) in [6, 6.07) is 12.1. The van der Waals surface area contributed by atoms with Crippen LogP contribution in [0.4, 0.5) is 11.4 Å². The standard InChI is InChI=1S/C21H18ClN3O6/c1-12-16(13(2)31-24-12)11-19(26)30-20(14-6-4-3-5-7-14)21(27)23-18-9-8-15(25(28)29)10-17(18)22/h3-10,20H,11H2,1-2H3,(H,23,27). The quantitative estimate of drug-likeness (QED) is 0.327. The number of carbonyl (C=O) groups excluding carboxylic acids is 2. The van der Waals surface area contributed by atoms with E-state index in [-0.39, 0.29) is 22.8 Å². The molecule has 10 heteroatoms. The zero-order chi connectivity index (χ0) is 22.5. The van der Waals surface area contributed by atoms with Crippen LogP contribution >= 0.6 is 11.6 Å². The highest BCUT2D eigenvalue weighted by Gasteiger charge is 2.27. The van der Waals surface area contributed by atoms with Gasteiger partial charge in [-0.3, -0.25) is 19.7 Å². The Balaban J connectivity index is 1.81. The van der Waals surface area contributed by atoms with E-state index in [1.165, 1.54) is 12.1 Å². The van der Waals surface area contributed by atoms with Gasteiger partial charge in [0.05, 0.1) is 27.7 Å². The maximum atomic E-state index is 12.9. The van der Waals surface area contributed by atoms with Gasteiger partial charge in [0.25, 0.3) is 11.6 Å². The van der Waals surface area contributed by atoms with Gasteiger partial charge in [-0.25, -0.2) is 0 Å². The maximum absolute atomic E-state index is 12.9. The van der Waals surface area contributed by atoms with Crippen molar-refractivity contribution in [3.63, 3.8) is 0 Å². The van der Waals surface area contributed by atoms with Gasteiger partial charge in [-0.05, 0) is 19.9 Å². The third kappa shape index (κ3) is 5.26. The highest BCUT2D eigenvalue weighted by atomic mass is 35.5. The SMILES string of the molecule is Cc1noc(C)c1CC(=O)OC(C(=O)Nc1ccc([N+](=O)[O-])cc1Cl)c1ccccc1. The summed E-state index contributed by atoms with van der Waals surface area (Å²) in [6.45, 7) is 3.39. The third-order valence-electron chi connectivity index (χ3n) is 4.51. The molecule has 31 heavy (non-hydrogen) atoms. The van der Waals surface area contributed by atoms with Gasteiger partial charge < -0.3 is 14.6 Å². The Labute approximate surface area is 182 Å². The number of carbonyl (C=O) groups is 2. The summed E-state index contributed by atoms with van der Waals surface area (Å²) < 4.78 is 10.5. The van der Waals surface area contributed by atoms with Crippen molar-refractivity contribution in [3.8, 4) is 0 Å². The van der Waals surface area contributed by atoms with Crippen LogP contribution in [0.15, 0.2) is 53.1 Å². The number of benzene rings is 2. The van der Waals surface area contributed by atoms with E-state index in [1.807, 2.05) is 0 Å². The highest BCUT2D eigenvalue weighted by molar-refractivity contribution is 6.34. The number of nitro groups is 1. The zero-order valence-corrected chi connectivity index (χ0v) is 17.4. The molecule has 0 saturated carbocycles. The number of rotatable bonds is 7. The van der Waals surface area contributed by atoms with Gasteiger partial charge in [-0.2, -0.15) is 0 Å². The Morgan fingerprint density at radius 2 is 1.94 bits per heavy atom. The molecule has 1 atom stereocenters. The van der Waals surface area contributed by atoms with Crippen LogP contribution in [0.1, 0.15) is 28.7 Å². The fourth-order valence-electron chi connectivity index (χ4n) is 2.89. The first kappa shape index (κ1) is 22.0. The molecule has 0 fully saturated rings. The molecule has 0 saturated heterocycles. The number of anilines is 1. The topological polar surface area (TPSA) is 125 Å². The van der Waals surface area contributed by atoms with Crippen LogP contribution in [0.3, 0.4) is 0 Å². The molecule has 1 aromatic heterocycles. The minimum atomic E-state index is -1.26. The summed E-state index contributed by atoms with van der Waals surface area (Å²) in [5.41, 5.74) is 1.54. The number of nitro benzene ring substituents is 1. The molecule has 1 heterocycles. The summed E-state index contributed by atoms with van der Waals surface area (Å²) >= 11 is 6.06. The van der Waals surface area contributed by atoms with Gasteiger partial charge in [0.15, 0.2) is 0 Å². The lowest BCUT2D eigenvalue weighted by molar-refractivity contribution is -0.384. The summed E-state index contributed by atoms with van der Waals surface area (Å²) in [5.74, 6) is -0.810. The summed E-state index contributed by atoms with van der Waals surface area (Å²) in [7, 11) is 0. The first-order valence-corrected chi connectivity index (χ1v) is 9.55. The summed E-state index contributed by atoms with van der Waals surface area (Å²) in [6.07, 6.45) is -1.38. The van der Waals surface area contributed by atoms with Gasteiger partial charge >= 0.3 is 5.97 Å². The van der Waals surface area contributed by atoms with Gasteiger partial charge in [-0.15, -0.1) is 0 Å². The van der Waals surface area contributed by atoms with Crippen molar-refractivity contribution < 1.29 is 23.8 Å². The molecule has 0 radical (unpaired) electrons. The largest absolute Gasteiger partial charge is 0.447 e. The number of hydrogen-bond donors (Lipinski definition) is 1. The van der Waals surface area contributed by atoms with Crippen molar-refractivity contribution in [3.05, 3.63) is 86.2 Å². The third-order valence-corrected chi connectivity index (χ3v) is 4.83. The molecule has 1 N–H and O–H groups in total. The van der Waals surface area contributed by atoms with Gasteiger partial charge in [0.2, 0.25) is 6.10 Å². The smallest absolute Gasteiger partial charge is 0.311 e. The van der Waals surface area contributed by atoms with E-state index in [2.05, 4.69) is 10.5 Å². The number of esters is 1. The molecule has 2 aromatic carbocycles. The molecule has 0 aliphatic rings. The molecule has 3 aromatic rings. The number of halogens is 1. The average molecular weight is 444 g/mol. The second kappa shape index (κ2) is 9.40. The van der Waals surface area contributed by atoms with Gasteiger partial charge in [-0.1, -0.05) is 47.1 Å². The molecule has 9 nitrogen and oxygen atoms in total. The summed E-state index contributed by atoms with van der Waals surface area (Å²) in [5, 5.41) is 17.2. The number of ether oxygens (including phenoxy) is 1. The number of nitrogens with zero attached hydrogens (tertiary/aromatic N) is 2. The van der Waals surface area contributed by atoms with Crippen LogP contribution in [-0.2, 0) is 20.7 Å². The van der Waals surface area contributed by atoms with Crippen LogP contribution in [0.25, 0.3) is 0 Å². The lowest BCUT2D eigenvalue weighted by Crippen LogP contribution is -2.26. The second-order valence-corrected chi connectivity index (χ2v) is 7.08. The van der Waals surface area contributed by atoms with Crippen molar-refractivity contribution in [1.29, 1.82) is 0 Å². The molecule has 0 aliphatic carbocycles. The van der Waals surface area contributed by atoms with Crippen LogP contribution < -0.4 is 5.32 Å². The predicted octanol–water partition coefficient (Wildman–Crippen LogP) is 4.32. The van der Waals surface area contributed by atoms with E-state index >= 15 is 0 Å². The zero-order valence-electron chi connectivity index (χ0n) is 16.6. The number of amides is 1. The molecule has 1 unspecified atom stereocenters. The fourth-order valence-corrected chi connectivity index (χ4v) is 3.11. The van der Waals surface area contributed by atoms with Crippen molar-refractivity contribution >= 4 is 34.9 Å². The van der Waals surface area contributed by atoms with Crippen molar-refractivity contribution in [2.45, 2.75) is 26.4 Å². The van der Waals surface area contributed by atoms with Crippen molar-refractivity contribution in [2.24, 2.45) is 0 Å². The van der Waals surface area contributed by atoms with Gasteiger partial charge in [0.1, 0.15) is 5.76 Å². The second-order valence-electron chi connectivity index (χ2n) is 6.67. The Bertz CT molecular complexity index is 1110. The maximum Gasteiger partial charge on any atom is 0.311 e. The molecule has 160 valence electrons. The Hall–Kier alpha value is -3.72.